The van der Waals surface area contributed by atoms with Gasteiger partial charge in [0.15, 0.2) is 0 Å². The fourth-order valence-electron chi connectivity index (χ4n) is 2.87. The van der Waals surface area contributed by atoms with Gasteiger partial charge in [0.25, 0.3) is 5.91 Å². The van der Waals surface area contributed by atoms with Crippen molar-refractivity contribution in [3.05, 3.63) is 60.2 Å². The van der Waals surface area contributed by atoms with Crippen LogP contribution in [0.4, 0.5) is 4.79 Å². The molecule has 1 aliphatic heterocycles. The quantitative estimate of drug-likeness (QED) is 0.890. The highest BCUT2D eigenvalue weighted by molar-refractivity contribution is 5.91. The summed E-state index contributed by atoms with van der Waals surface area (Å²) < 4.78 is 5.36. The normalized spacial score (nSPS) is 14.7. The topological polar surface area (TPSA) is 84.4 Å². The number of carbonyl (C=O) groups excluding carboxylic acids is 2. The Labute approximate surface area is 152 Å². The minimum atomic E-state index is -0.282. The van der Waals surface area contributed by atoms with E-state index >= 15 is 0 Å². The molecule has 1 aromatic carbocycles. The van der Waals surface area contributed by atoms with Gasteiger partial charge in [0, 0.05) is 32.0 Å². The molecule has 1 aromatic heterocycles. The number of hydrogen-bond donors (Lipinski definition) is 1. The molecule has 0 atom stereocenters. The van der Waals surface area contributed by atoms with Crippen LogP contribution in [0.15, 0.2) is 48.9 Å². The van der Waals surface area contributed by atoms with Crippen molar-refractivity contribution in [1.82, 2.24) is 20.2 Å². The van der Waals surface area contributed by atoms with Crippen molar-refractivity contribution in [3.8, 4) is 0 Å². The van der Waals surface area contributed by atoms with Gasteiger partial charge in [-0.3, -0.25) is 9.78 Å². The number of carbonyl (C=O) groups is 2. The van der Waals surface area contributed by atoms with E-state index in [0.29, 0.717) is 31.2 Å². The number of likely N-dealkylation sites (tertiary alicyclic amines) is 1. The summed E-state index contributed by atoms with van der Waals surface area (Å²) in [4.78, 5) is 33.7. The second-order valence-electron chi connectivity index (χ2n) is 6.27. The first-order chi connectivity index (χ1) is 12.7. The number of piperidine rings is 1. The van der Waals surface area contributed by atoms with Gasteiger partial charge in [-0.25, -0.2) is 9.78 Å². The molecule has 0 radical (unpaired) electrons. The Morgan fingerprint density at radius 3 is 2.62 bits per heavy atom. The highest BCUT2D eigenvalue weighted by Crippen LogP contribution is 2.17. The Balaban J connectivity index is 1.37. The molecule has 3 rings (SSSR count). The largest absolute Gasteiger partial charge is 0.445 e. The van der Waals surface area contributed by atoms with Gasteiger partial charge in [-0.15, -0.1) is 0 Å². The van der Waals surface area contributed by atoms with Crippen LogP contribution in [-0.4, -0.2) is 46.5 Å². The summed E-state index contributed by atoms with van der Waals surface area (Å²) in [5.74, 6) is 0.122. The van der Waals surface area contributed by atoms with E-state index in [2.05, 4.69) is 15.3 Å². The minimum Gasteiger partial charge on any atom is -0.445 e. The minimum absolute atomic E-state index is 0.220. The van der Waals surface area contributed by atoms with E-state index in [1.165, 1.54) is 18.6 Å². The van der Waals surface area contributed by atoms with E-state index in [1.807, 2.05) is 30.3 Å². The van der Waals surface area contributed by atoms with Gasteiger partial charge in [-0.05, 0) is 24.3 Å². The molecule has 7 heteroatoms. The predicted molar refractivity (Wildman–Crippen MR) is 95.3 cm³/mol. The molecule has 1 fully saturated rings. The van der Waals surface area contributed by atoms with Crippen LogP contribution in [-0.2, 0) is 11.3 Å². The number of rotatable bonds is 5. The summed E-state index contributed by atoms with van der Waals surface area (Å²) >= 11 is 0. The van der Waals surface area contributed by atoms with Crippen molar-refractivity contribution in [3.63, 3.8) is 0 Å². The summed E-state index contributed by atoms with van der Waals surface area (Å²) in [5.41, 5.74) is 1.29. The lowest BCUT2D eigenvalue weighted by atomic mass is 9.97. The van der Waals surface area contributed by atoms with E-state index in [1.54, 1.807) is 4.90 Å². The second-order valence-corrected chi connectivity index (χ2v) is 6.27. The van der Waals surface area contributed by atoms with Crippen LogP contribution in [0.2, 0.25) is 0 Å². The number of amides is 2. The van der Waals surface area contributed by atoms with Crippen LogP contribution in [0.1, 0.15) is 28.9 Å². The van der Waals surface area contributed by atoms with Crippen LogP contribution < -0.4 is 5.32 Å². The van der Waals surface area contributed by atoms with Gasteiger partial charge in [0.2, 0.25) is 0 Å². The number of ether oxygens (including phenoxy) is 1. The van der Waals surface area contributed by atoms with Crippen LogP contribution in [0.25, 0.3) is 0 Å². The Hall–Kier alpha value is -2.96. The van der Waals surface area contributed by atoms with Crippen LogP contribution in [0.5, 0.6) is 0 Å². The molecule has 1 saturated heterocycles. The molecule has 7 nitrogen and oxygen atoms in total. The summed E-state index contributed by atoms with van der Waals surface area (Å²) in [5, 5.41) is 2.88. The summed E-state index contributed by atoms with van der Waals surface area (Å²) in [6, 6.07) is 9.63. The lowest BCUT2D eigenvalue weighted by Gasteiger charge is -2.31. The van der Waals surface area contributed by atoms with E-state index in [9.17, 15) is 9.59 Å². The van der Waals surface area contributed by atoms with Crippen molar-refractivity contribution in [1.29, 1.82) is 0 Å². The highest BCUT2D eigenvalue weighted by Gasteiger charge is 2.24. The maximum atomic E-state index is 12.1. The van der Waals surface area contributed by atoms with Gasteiger partial charge in [0.1, 0.15) is 12.3 Å². The summed E-state index contributed by atoms with van der Waals surface area (Å²) in [7, 11) is 0. The zero-order valence-corrected chi connectivity index (χ0v) is 14.5. The highest BCUT2D eigenvalue weighted by atomic mass is 16.6. The third-order valence-corrected chi connectivity index (χ3v) is 4.42. The monoisotopic (exact) mass is 354 g/mol. The Kier molecular flexibility index (Phi) is 6.14. The Morgan fingerprint density at radius 2 is 1.92 bits per heavy atom. The van der Waals surface area contributed by atoms with Gasteiger partial charge < -0.3 is 15.0 Å². The van der Waals surface area contributed by atoms with E-state index in [0.717, 1.165) is 18.4 Å². The van der Waals surface area contributed by atoms with E-state index in [4.69, 9.17) is 4.74 Å². The smallest absolute Gasteiger partial charge is 0.410 e. The first-order valence-corrected chi connectivity index (χ1v) is 8.72. The molecule has 0 saturated carbocycles. The molecule has 0 unspecified atom stereocenters. The van der Waals surface area contributed by atoms with Crippen molar-refractivity contribution in [2.24, 2.45) is 5.92 Å². The summed E-state index contributed by atoms with van der Waals surface area (Å²) in [6.45, 7) is 2.13. The van der Waals surface area contributed by atoms with Crippen LogP contribution in [0.3, 0.4) is 0 Å². The fraction of sp³-hybridized carbons (Fsp3) is 0.368. The second kappa shape index (κ2) is 8.94. The maximum absolute atomic E-state index is 12.1. The van der Waals surface area contributed by atoms with Gasteiger partial charge in [-0.1, -0.05) is 30.3 Å². The van der Waals surface area contributed by atoms with Crippen molar-refractivity contribution in [2.45, 2.75) is 19.4 Å². The third kappa shape index (κ3) is 5.02. The van der Waals surface area contributed by atoms with Crippen LogP contribution in [0, 0.1) is 5.92 Å². The molecule has 26 heavy (non-hydrogen) atoms. The average Bonchev–Trinajstić information content (AvgIpc) is 2.72. The molecule has 1 aliphatic rings. The predicted octanol–water partition coefficient (Wildman–Crippen LogP) is 2.26. The summed E-state index contributed by atoms with van der Waals surface area (Å²) in [6.07, 6.45) is 5.86. The molecular weight excluding hydrogens is 332 g/mol. The fourth-order valence-corrected chi connectivity index (χ4v) is 2.87. The Morgan fingerprint density at radius 1 is 1.15 bits per heavy atom. The number of benzene rings is 1. The molecule has 1 N–H and O–H groups in total. The third-order valence-electron chi connectivity index (χ3n) is 4.42. The molecule has 2 aromatic rings. The van der Waals surface area contributed by atoms with Crippen molar-refractivity contribution in [2.75, 3.05) is 19.6 Å². The van der Waals surface area contributed by atoms with Gasteiger partial charge >= 0.3 is 6.09 Å². The van der Waals surface area contributed by atoms with Gasteiger partial charge in [0.05, 0.1) is 6.20 Å². The molecule has 0 spiro atoms. The lowest BCUT2D eigenvalue weighted by molar-refractivity contribution is 0.0800. The average molecular weight is 354 g/mol. The molecule has 0 bridgehead atoms. The Bertz CT molecular complexity index is 716. The van der Waals surface area contributed by atoms with E-state index in [-0.39, 0.29) is 18.6 Å². The van der Waals surface area contributed by atoms with Crippen molar-refractivity contribution >= 4 is 12.0 Å². The van der Waals surface area contributed by atoms with E-state index < -0.39 is 0 Å². The number of hydrogen-bond acceptors (Lipinski definition) is 5. The number of nitrogens with zero attached hydrogens (tertiary/aromatic N) is 3. The lowest BCUT2D eigenvalue weighted by Crippen LogP contribution is -2.41. The first kappa shape index (κ1) is 17.8. The number of aromatic nitrogens is 2. The standard InChI is InChI=1S/C19H22N4O3/c24-18(17-13-20-8-9-21-17)22-12-15-6-10-23(11-7-15)19(25)26-14-16-4-2-1-3-5-16/h1-5,8-9,13,15H,6-7,10-12,14H2,(H,22,24). The zero-order chi connectivity index (χ0) is 18.2. The zero-order valence-electron chi connectivity index (χ0n) is 14.5. The molecular formula is C19H22N4O3. The van der Waals surface area contributed by atoms with Crippen LogP contribution >= 0.6 is 0 Å². The first-order valence-electron chi connectivity index (χ1n) is 8.72. The molecule has 0 aliphatic carbocycles. The van der Waals surface area contributed by atoms with Crippen molar-refractivity contribution < 1.29 is 14.3 Å². The SMILES string of the molecule is O=C(NCC1CCN(C(=O)OCc2ccccc2)CC1)c1cnccn1. The molecule has 136 valence electrons. The molecule has 2 heterocycles. The molecule has 2 amide bonds. The van der Waals surface area contributed by atoms with Gasteiger partial charge in [-0.2, -0.15) is 0 Å². The maximum Gasteiger partial charge on any atom is 0.410 e. The number of nitrogens with one attached hydrogen (secondary N) is 1.